The van der Waals surface area contributed by atoms with Crippen molar-refractivity contribution in [2.24, 2.45) is 0 Å². The molecule has 0 amide bonds. The number of unbranched alkanes of at least 4 members (excludes halogenated alkanes) is 2. The molecular formula is C15H22O2. The molecule has 0 aliphatic rings. The minimum Gasteiger partial charge on any atom is -0.508 e. The van der Waals surface area contributed by atoms with Crippen LogP contribution < -0.4 is 0 Å². The monoisotopic (exact) mass is 234 g/mol. The summed E-state index contributed by atoms with van der Waals surface area (Å²) in [5.74, 6) is 0.269. The van der Waals surface area contributed by atoms with E-state index in [9.17, 15) is 10.2 Å². The van der Waals surface area contributed by atoms with E-state index in [0.29, 0.717) is 0 Å². The second-order valence-electron chi connectivity index (χ2n) is 4.41. The Hall–Kier alpha value is -1.44. The zero-order valence-corrected chi connectivity index (χ0v) is 10.8. The summed E-state index contributed by atoms with van der Waals surface area (Å²) in [6, 6.07) is 3.13. The van der Waals surface area contributed by atoms with E-state index in [0.717, 1.165) is 48.8 Å². The van der Waals surface area contributed by atoms with Gasteiger partial charge in [0.25, 0.3) is 0 Å². The third-order valence-corrected chi connectivity index (χ3v) is 3.01. The highest BCUT2D eigenvalue weighted by Crippen LogP contribution is 2.34. The Bertz CT molecular complexity index is 394. The van der Waals surface area contributed by atoms with E-state index in [-0.39, 0.29) is 11.5 Å². The van der Waals surface area contributed by atoms with Crippen molar-refractivity contribution in [1.29, 1.82) is 0 Å². The molecule has 0 spiro atoms. The van der Waals surface area contributed by atoms with E-state index in [1.165, 1.54) is 6.07 Å². The standard InChI is InChI=1S/C15H22O2/c1-4-6-7-8-12-9-13(16)10-14(17)15(12)11(3)5-2/h9-10,16-17H,3-8H2,1-2H3. The molecule has 0 saturated carbocycles. The zero-order chi connectivity index (χ0) is 12.8. The maximum absolute atomic E-state index is 9.91. The second kappa shape index (κ2) is 6.33. The first-order valence-electron chi connectivity index (χ1n) is 6.33. The van der Waals surface area contributed by atoms with Crippen molar-refractivity contribution in [2.45, 2.75) is 46.0 Å². The molecule has 2 N–H and O–H groups in total. The Kier molecular flexibility index (Phi) is 5.08. The van der Waals surface area contributed by atoms with E-state index in [1.54, 1.807) is 6.07 Å². The van der Waals surface area contributed by atoms with Gasteiger partial charge in [0.1, 0.15) is 11.5 Å². The lowest BCUT2D eigenvalue weighted by atomic mass is 9.94. The quantitative estimate of drug-likeness (QED) is 0.722. The van der Waals surface area contributed by atoms with Gasteiger partial charge in [-0.05, 0) is 36.5 Å². The van der Waals surface area contributed by atoms with Gasteiger partial charge in [0.15, 0.2) is 0 Å². The number of hydrogen-bond acceptors (Lipinski definition) is 2. The first-order chi connectivity index (χ1) is 8.10. The lowest BCUT2D eigenvalue weighted by Crippen LogP contribution is -1.94. The number of aromatic hydroxyl groups is 2. The highest BCUT2D eigenvalue weighted by molar-refractivity contribution is 5.72. The number of rotatable bonds is 6. The van der Waals surface area contributed by atoms with Crippen molar-refractivity contribution < 1.29 is 10.2 Å². The maximum Gasteiger partial charge on any atom is 0.127 e. The third-order valence-electron chi connectivity index (χ3n) is 3.01. The summed E-state index contributed by atoms with van der Waals surface area (Å²) >= 11 is 0. The first-order valence-corrected chi connectivity index (χ1v) is 6.33. The summed E-state index contributed by atoms with van der Waals surface area (Å²) in [6.45, 7) is 8.16. The lowest BCUT2D eigenvalue weighted by molar-refractivity contribution is 0.447. The van der Waals surface area contributed by atoms with Crippen LogP contribution in [-0.2, 0) is 6.42 Å². The first kappa shape index (κ1) is 13.6. The van der Waals surface area contributed by atoms with Crippen LogP contribution in [-0.4, -0.2) is 10.2 Å². The summed E-state index contributed by atoms with van der Waals surface area (Å²) < 4.78 is 0. The largest absolute Gasteiger partial charge is 0.508 e. The molecular weight excluding hydrogens is 212 g/mol. The van der Waals surface area contributed by atoms with Crippen LogP contribution in [0.15, 0.2) is 18.7 Å². The summed E-state index contributed by atoms with van der Waals surface area (Å²) in [4.78, 5) is 0. The molecule has 0 fully saturated rings. The fraction of sp³-hybridized carbons (Fsp3) is 0.467. The Morgan fingerprint density at radius 1 is 1.18 bits per heavy atom. The molecule has 2 nitrogen and oxygen atoms in total. The molecule has 0 aliphatic heterocycles. The number of aryl methyl sites for hydroxylation is 1. The van der Waals surface area contributed by atoms with Gasteiger partial charge in [-0.15, -0.1) is 0 Å². The summed E-state index contributed by atoms with van der Waals surface area (Å²) in [5, 5.41) is 19.4. The van der Waals surface area contributed by atoms with Crippen molar-refractivity contribution in [3.8, 4) is 11.5 Å². The van der Waals surface area contributed by atoms with Crippen molar-refractivity contribution >= 4 is 5.57 Å². The summed E-state index contributed by atoms with van der Waals surface area (Å²) in [6.07, 6.45) is 5.08. The van der Waals surface area contributed by atoms with E-state index in [2.05, 4.69) is 13.5 Å². The van der Waals surface area contributed by atoms with E-state index < -0.39 is 0 Å². The van der Waals surface area contributed by atoms with Crippen LogP contribution in [0.5, 0.6) is 11.5 Å². The molecule has 0 unspecified atom stereocenters. The number of benzene rings is 1. The van der Waals surface area contributed by atoms with E-state index >= 15 is 0 Å². The van der Waals surface area contributed by atoms with Gasteiger partial charge >= 0.3 is 0 Å². The number of hydrogen-bond donors (Lipinski definition) is 2. The summed E-state index contributed by atoms with van der Waals surface area (Å²) in [7, 11) is 0. The molecule has 0 aliphatic carbocycles. The minimum absolute atomic E-state index is 0.127. The van der Waals surface area contributed by atoms with E-state index in [1.807, 2.05) is 6.92 Å². The Morgan fingerprint density at radius 3 is 2.47 bits per heavy atom. The van der Waals surface area contributed by atoms with Crippen LogP contribution in [0.4, 0.5) is 0 Å². The lowest BCUT2D eigenvalue weighted by Gasteiger charge is -2.13. The van der Waals surface area contributed by atoms with Crippen LogP contribution in [0.2, 0.25) is 0 Å². The van der Waals surface area contributed by atoms with E-state index in [4.69, 9.17) is 0 Å². The fourth-order valence-corrected chi connectivity index (χ4v) is 2.02. The average molecular weight is 234 g/mol. The SMILES string of the molecule is C=C(CC)c1c(O)cc(O)cc1CCCCC. The molecule has 94 valence electrons. The van der Waals surface area contributed by atoms with Crippen molar-refractivity contribution in [3.63, 3.8) is 0 Å². The fourth-order valence-electron chi connectivity index (χ4n) is 2.02. The third kappa shape index (κ3) is 3.52. The van der Waals surface area contributed by atoms with Gasteiger partial charge in [0, 0.05) is 11.6 Å². The van der Waals surface area contributed by atoms with Crippen LogP contribution in [0.3, 0.4) is 0 Å². The zero-order valence-electron chi connectivity index (χ0n) is 10.8. The Labute approximate surface area is 104 Å². The molecule has 0 radical (unpaired) electrons. The van der Waals surface area contributed by atoms with Gasteiger partial charge in [0.2, 0.25) is 0 Å². The molecule has 0 aromatic heterocycles. The molecule has 2 heteroatoms. The highest BCUT2D eigenvalue weighted by atomic mass is 16.3. The average Bonchev–Trinajstić information content (AvgIpc) is 2.28. The molecule has 1 rings (SSSR count). The van der Waals surface area contributed by atoms with Crippen molar-refractivity contribution in [2.75, 3.05) is 0 Å². The minimum atomic E-state index is 0.127. The van der Waals surface area contributed by atoms with Crippen LogP contribution in [0.25, 0.3) is 5.57 Å². The molecule has 0 bridgehead atoms. The Balaban J connectivity index is 3.02. The maximum atomic E-state index is 9.91. The van der Waals surface area contributed by atoms with Gasteiger partial charge < -0.3 is 10.2 Å². The topological polar surface area (TPSA) is 40.5 Å². The number of phenols is 2. The van der Waals surface area contributed by atoms with Crippen LogP contribution >= 0.6 is 0 Å². The van der Waals surface area contributed by atoms with Gasteiger partial charge in [-0.3, -0.25) is 0 Å². The number of phenolic OH excluding ortho intramolecular Hbond substituents is 2. The predicted octanol–water partition coefficient (Wildman–Crippen LogP) is 4.25. The molecule has 1 aromatic rings. The van der Waals surface area contributed by atoms with Gasteiger partial charge in [0.05, 0.1) is 0 Å². The normalized spacial score (nSPS) is 10.5. The molecule has 0 saturated heterocycles. The van der Waals surface area contributed by atoms with Crippen LogP contribution in [0, 0.1) is 0 Å². The van der Waals surface area contributed by atoms with Crippen molar-refractivity contribution in [1.82, 2.24) is 0 Å². The van der Waals surface area contributed by atoms with Crippen molar-refractivity contribution in [3.05, 3.63) is 29.8 Å². The molecule has 0 heterocycles. The van der Waals surface area contributed by atoms with Crippen LogP contribution in [0.1, 0.15) is 50.7 Å². The Morgan fingerprint density at radius 2 is 1.88 bits per heavy atom. The molecule has 1 aromatic carbocycles. The smallest absolute Gasteiger partial charge is 0.127 e. The summed E-state index contributed by atoms with van der Waals surface area (Å²) in [5.41, 5.74) is 2.75. The predicted molar refractivity (Wildman–Crippen MR) is 72.3 cm³/mol. The second-order valence-corrected chi connectivity index (χ2v) is 4.41. The van der Waals surface area contributed by atoms with Gasteiger partial charge in [-0.2, -0.15) is 0 Å². The molecule has 0 atom stereocenters. The van der Waals surface area contributed by atoms with Gasteiger partial charge in [-0.25, -0.2) is 0 Å². The number of allylic oxidation sites excluding steroid dienone is 1. The molecule has 17 heavy (non-hydrogen) atoms. The van der Waals surface area contributed by atoms with Gasteiger partial charge in [-0.1, -0.05) is 33.3 Å². The highest BCUT2D eigenvalue weighted by Gasteiger charge is 2.12.